The van der Waals surface area contributed by atoms with Crippen molar-refractivity contribution in [1.82, 2.24) is 0 Å². The SMILES string of the molecule is O=C(CBr)Nc1ccc(C(=O)/C=C/c2ccc(Br)cc2)cc1. The minimum Gasteiger partial charge on any atom is -0.325 e. The molecule has 0 bridgehead atoms. The smallest absolute Gasteiger partial charge is 0.235 e. The van der Waals surface area contributed by atoms with E-state index in [1.165, 1.54) is 6.08 Å². The normalized spacial score (nSPS) is 10.6. The first-order valence-electron chi connectivity index (χ1n) is 6.52. The Morgan fingerprint density at radius 1 is 1.00 bits per heavy atom. The lowest BCUT2D eigenvalue weighted by Crippen LogP contribution is -2.12. The third kappa shape index (κ3) is 4.93. The molecule has 2 aromatic rings. The maximum absolute atomic E-state index is 12.1. The van der Waals surface area contributed by atoms with E-state index in [-0.39, 0.29) is 17.0 Å². The summed E-state index contributed by atoms with van der Waals surface area (Å²) < 4.78 is 0.997. The predicted molar refractivity (Wildman–Crippen MR) is 96.4 cm³/mol. The number of anilines is 1. The zero-order chi connectivity index (χ0) is 15.9. The molecule has 0 saturated heterocycles. The number of halogens is 2. The van der Waals surface area contributed by atoms with Crippen LogP contribution in [-0.2, 0) is 4.79 Å². The van der Waals surface area contributed by atoms with Crippen LogP contribution < -0.4 is 5.32 Å². The summed E-state index contributed by atoms with van der Waals surface area (Å²) in [4.78, 5) is 23.3. The molecule has 0 aliphatic rings. The number of hydrogen-bond donors (Lipinski definition) is 1. The summed E-state index contributed by atoms with van der Waals surface area (Å²) in [6.07, 6.45) is 3.31. The van der Waals surface area contributed by atoms with Crippen molar-refractivity contribution in [2.24, 2.45) is 0 Å². The molecule has 22 heavy (non-hydrogen) atoms. The van der Waals surface area contributed by atoms with Gasteiger partial charge in [0.2, 0.25) is 5.91 Å². The molecule has 3 nitrogen and oxygen atoms in total. The number of nitrogens with one attached hydrogen (secondary N) is 1. The highest BCUT2D eigenvalue weighted by atomic mass is 79.9. The molecule has 0 atom stereocenters. The molecule has 0 unspecified atom stereocenters. The van der Waals surface area contributed by atoms with Crippen molar-refractivity contribution in [2.75, 3.05) is 10.6 Å². The quantitative estimate of drug-likeness (QED) is 0.432. The Balaban J connectivity index is 2.03. The second-order valence-corrected chi connectivity index (χ2v) is 5.98. The molecule has 112 valence electrons. The standard InChI is InChI=1S/C17H13Br2NO2/c18-11-17(22)20-15-8-4-13(5-9-15)16(21)10-3-12-1-6-14(19)7-2-12/h1-10H,11H2,(H,20,22)/b10-3+. The lowest BCUT2D eigenvalue weighted by molar-refractivity contribution is -0.113. The van der Waals surface area contributed by atoms with Gasteiger partial charge in [-0.05, 0) is 48.0 Å². The molecular formula is C17H13Br2NO2. The Morgan fingerprint density at radius 3 is 2.23 bits per heavy atom. The highest BCUT2D eigenvalue weighted by molar-refractivity contribution is 9.10. The Morgan fingerprint density at radius 2 is 1.64 bits per heavy atom. The van der Waals surface area contributed by atoms with Crippen LogP contribution in [0.3, 0.4) is 0 Å². The van der Waals surface area contributed by atoms with Crippen molar-refractivity contribution in [1.29, 1.82) is 0 Å². The van der Waals surface area contributed by atoms with Crippen molar-refractivity contribution in [2.45, 2.75) is 0 Å². The molecule has 0 aliphatic heterocycles. The van der Waals surface area contributed by atoms with Crippen LogP contribution in [0.25, 0.3) is 6.08 Å². The van der Waals surface area contributed by atoms with E-state index in [0.717, 1.165) is 10.0 Å². The number of hydrogen-bond acceptors (Lipinski definition) is 2. The van der Waals surface area contributed by atoms with Gasteiger partial charge in [0.15, 0.2) is 5.78 Å². The number of carbonyl (C=O) groups excluding carboxylic acids is 2. The second kappa shape index (κ2) is 8.06. The molecule has 0 aliphatic carbocycles. The van der Waals surface area contributed by atoms with Crippen molar-refractivity contribution >= 4 is 55.3 Å². The molecule has 1 amide bonds. The Hall–Kier alpha value is -1.72. The summed E-state index contributed by atoms with van der Waals surface area (Å²) in [5.74, 6) is -0.213. The lowest BCUT2D eigenvalue weighted by Gasteiger charge is -2.03. The van der Waals surface area contributed by atoms with Crippen LogP contribution in [0.1, 0.15) is 15.9 Å². The third-order valence-corrected chi connectivity index (χ3v) is 3.91. The Kier molecular flexibility index (Phi) is 6.10. The summed E-state index contributed by atoms with van der Waals surface area (Å²) in [5, 5.41) is 2.94. The van der Waals surface area contributed by atoms with Gasteiger partial charge in [0.05, 0.1) is 5.33 Å². The molecule has 0 spiro atoms. The fourth-order valence-corrected chi connectivity index (χ4v) is 2.16. The number of ketones is 1. The number of benzene rings is 2. The predicted octanol–water partition coefficient (Wildman–Crippen LogP) is 4.68. The molecule has 2 rings (SSSR count). The van der Waals surface area contributed by atoms with E-state index in [2.05, 4.69) is 37.2 Å². The van der Waals surface area contributed by atoms with Gasteiger partial charge in [0.1, 0.15) is 0 Å². The molecule has 0 fully saturated rings. The summed E-state index contributed by atoms with van der Waals surface area (Å²) in [6, 6.07) is 14.5. The van der Waals surface area contributed by atoms with Gasteiger partial charge in [-0.3, -0.25) is 9.59 Å². The molecule has 0 saturated carbocycles. The number of alkyl halides is 1. The zero-order valence-electron chi connectivity index (χ0n) is 11.6. The first-order valence-corrected chi connectivity index (χ1v) is 8.44. The summed E-state index contributed by atoms with van der Waals surface area (Å²) >= 11 is 6.45. The van der Waals surface area contributed by atoms with Crippen molar-refractivity contribution in [3.05, 3.63) is 70.2 Å². The topological polar surface area (TPSA) is 46.2 Å². The Labute approximate surface area is 145 Å². The average Bonchev–Trinajstić information content (AvgIpc) is 2.54. The van der Waals surface area contributed by atoms with Crippen LogP contribution in [0, 0.1) is 0 Å². The number of allylic oxidation sites excluding steroid dienone is 1. The highest BCUT2D eigenvalue weighted by Gasteiger charge is 2.03. The van der Waals surface area contributed by atoms with E-state index in [0.29, 0.717) is 11.3 Å². The lowest BCUT2D eigenvalue weighted by atomic mass is 10.1. The molecule has 2 aromatic carbocycles. The van der Waals surface area contributed by atoms with Gasteiger partial charge >= 0.3 is 0 Å². The fraction of sp³-hybridized carbons (Fsp3) is 0.0588. The monoisotopic (exact) mass is 421 g/mol. The number of rotatable bonds is 5. The molecule has 5 heteroatoms. The summed E-state index contributed by atoms with van der Waals surface area (Å²) in [5.41, 5.74) is 2.20. The second-order valence-electron chi connectivity index (χ2n) is 4.51. The highest BCUT2D eigenvalue weighted by Crippen LogP contribution is 2.13. The van der Waals surface area contributed by atoms with Crippen molar-refractivity contribution < 1.29 is 9.59 Å². The first kappa shape index (κ1) is 16.6. The maximum Gasteiger partial charge on any atom is 0.235 e. The van der Waals surface area contributed by atoms with Crippen LogP contribution in [-0.4, -0.2) is 17.0 Å². The molecule has 0 aromatic heterocycles. The van der Waals surface area contributed by atoms with Gasteiger partial charge in [-0.25, -0.2) is 0 Å². The van der Waals surface area contributed by atoms with Crippen molar-refractivity contribution in [3.8, 4) is 0 Å². The van der Waals surface area contributed by atoms with E-state index in [1.807, 2.05) is 24.3 Å². The largest absolute Gasteiger partial charge is 0.325 e. The molecular weight excluding hydrogens is 410 g/mol. The van der Waals surface area contributed by atoms with Crippen LogP contribution in [0.4, 0.5) is 5.69 Å². The van der Waals surface area contributed by atoms with Gasteiger partial charge in [-0.15, -0.1) is 0 Å². The van der Waals surface area contributed by atoms with Crippen LogP contribution in [0.5, 0.6) is 0 Å². The summed E-state index contributed by atoms with van der Waals surface area (Å²) in [7, 11) is 0. The van der Waals surface area contributed by atoms with Gasteiger partial charge in [0, 0.05) is 15.7 Å². The molecule has 0 heterocycles. The van der Waals surface area contributed by atoms with Crippen molar-refractivity contribution in [3.63, 3.8) is 0 Å². The van der Waals surface area contributed by atoms with Crippen LogP contribution >= 0.6 is 31.9 Å². The average molecular weight is 423 g/mol. The minimum atomic E-state index is -0.130. The van der Waals surface area contributed by atoms with Gasteiger partial charge < -0.3 is 5.32 Å². The molecule has 1 N–H and O–H groups in total. The van der Waals surface area contributed by atoms with Gasteiger partial charge in [-0.2, -0.15) is 0 Å². The minimum absolute atomic E-state index is 0.0821. The van der Waals surface area contributed by atoms with E-state index in [4.69, 9.17) is 0 Å². The number of amides is 1. The van der Waals surface area contributed by atoms with Gasteiger partial charge in [-0.1, -0.05) is 50.1 Å². The zero-order valence-corrected chi connectivity index (χ0v) is 14.7. The molecule has 0 radical (unpaired) electrons. The van der Waals surface area contributed by atoms with E-state index in [1.54, 1.807) is 30.3 Å². The van der Waals surface area contributed by atoms with Crippen LogP contribution in [0.15, 0.2) is 59.1 Å². The van der Waals surface area contributed by atoms with Crippen LogP contribution in [0.2, 0.25) is 0 Å². The fourth-order valence-electron chi connectivity index (χ4n) is 1.75. The van der Waals surface area contributed by atoms with E-state index in [9.17, 15) is 9.59 Å². The first-order chi connectivity index (χ1) is 10.6. The number of carbonyl (C=O) groups is 2. The third-order valence-electron chi connectivity index (χ3n) is 2.87. The van der Waals surface area contributed by atoms with E-state index >= 15 is 0 Å². The Bertz CT molecular complexity index is 692. The summed E-state index contributed by atoms with van der Waals surface area (Å²) in [6.45, 7) is 0. The maximum atomic E-state index is 12.1. The van der Waals surface area contributed by atoms with E-state index < -0.39 is 0 Å². The van der Waals surface area contributed by atoms with Gasteiger partial charge in [0.25, 0.3) is 0 Å².